The summed E-state index contributed by atoms with van der Waals surface area (Å²) in [6.45, 7) is 3.57. The Balaban J connectivity index is 1.57. The highest BCUT2D eigenvalue weighted by atomic mass is 16.4. The van der Waals surface area contributed by atoms with Crippen molar-refractivity contribution in [3.8, 4) is 0 Å². The van der Waals surface area contributed by atoms with E-state index < -0.39 is 5.97 Å². The number of aromatic carboxylic acids is 1. The van der Waals surface area contributed by atoms with Gasteiger partial charge in [0.25, 0.3) is 0 Å². The Kier molecular flexibility index (Phi) is 4.18. The van der Waals surface area contributed by atoms with Crippen LogP contribution in [0.2, 0.25) is 0 Å². The number of anilines is 1. The molecule has 2 aromatic heterocycles. The van der Waals surface area contributed by atoms with Gasteiger partial charge in [0, 0.05) is 13.1 Å². The van der Waals surface area contributed by atoms with Gasteiger partial charge in [-0.1, -0.05) is 12.1 Å². The molecule has 3 aromatic rings. The minimum absolute atomic E-state index is 0.0592. The number of benzene rings is 1. The zero-order valence-electron chi connectivity index (χ0n) is 12.7. The quantitative estimate of drug-likeness (QED) is 0.679. The molecule has 0 aliphatic carbocycles. The fourth-order valence-corrected chi connectivity index (χ4v) is 2.46. The number of para-hydroxylation sites is 2. The van der Waals surface area contributed by atoms with E-state index in [-0.39, 0.29) is 5.69 Å². The van der Waals surface area contributed by atoms with E-state index in [9.17, 15) is 4.79 Å². The van der Waals surface area contributed by atoms with E-state index in [0.717, 1.165) is 29.8 Å². The molecular weight excluding hydrogens is 294 g/mol. The highest BCUT2D eigenvalue weighted by Crippen LogP contribution is 2.15. The molecule has 0 atom stereocenters. The van der Waals surface area contributed by atoms with Gasteiger partial charge in [-0.25, -0.2) is 19.7 Å². The van der Waals surface area contributed by atoms with Crippen molar-refractivity contribution in [2.45, 2.75) is 19.9 Å². The summed E-state index contributed by atoms with van der Waals surface area (Å²) < 4.78 is 2.19. The van der Waals surface area contributed by atoms with Gasteiger partial charge >= 0.3 is 5.97 Å². The van der Waals surface area contributed by atoms with Crippen molar-refractivity contribution in [2.75, 3.05) is 11.9 Å². The van der Waals surface area contributed by atoms with E-state index in [0.29, 0.717) is 12.4 Å². The lowest BCUT2D eigenvalue weighted by Gasteiger charge is -2.08. The molecule has 2 N–H and O–H groups in total. The third kappa shape index (κ3) is 3.28. The van der Waals surface area contributed by atoms with Crippen LogP contribution in [0.25, 0.3) is 11.0 Å². The molecule has 1 aromatic carbocycles. The lowest BCUT2D eigenvalue weighted by molar-refractivity contribution is 0.0690. The van der Waals surface area contributed by atoms with Crippen molar-refractivity contribution in [3.63, 3.8) is 0 Å². The molecule has 7 heteroatoms. The number of aryl methyl sites for hydroxylation is 2. The fourth-order valence-electron chi connectivity index (χ4n) is 2.46. The molecular formula is C16H17N5O2. The zero-order chi connectivity index (χ0) is 16.2. The molecule has 0 amide bonds. The molecule has 0 unspecified atom stereocenters. The third-order valence-electron chi connectivity index (χ3n) is 3.58. The number of hydrogen-bond acceptors (Lipinski definition) is 5. The van der Waals surface area contributed by atoms with Gasteiger partial charge < -0.3 is 15.0 Å². The van der Waals surface area contributed by atoms with Gasteiger partial charge in [0.15, 0.2) is 5.69 Å². The van der Waals surface area contributed by atoms with E-state index in [1.54, 1.807) is 0 Å². The highest BCUT2D eigenvalue weighted by molar-refractivity contribution is 5.84. The van der Waals surface area contributed by atoms with Gasteiger partial charge in [0.2, 0.25) is 0 Å². The number of aromatic nitrogens is 4. The van der Waals surface area contributed by atoms with Crippen LogP contribution in [0, 0.1) is 6.92 Å². The first-order valence-electron chi connectivity index (χ1n) is 7.36. The van der Waals surface area contributed by atoms with E-state index in [4.69, 9.17) is 5.11 Å². The molecule has 3 rings (SSSR count). The van der Waals surface area contributed by atoms with Crippen LogP contribution in [0.1, 0.15) is 22.7 Å². The second kappa shape index (κ2) is 6.43. The normalized spacial score (nSPS) is 10.8. The molecule has 0 saturated carbocycles. The van der Waals surface area contributed by atoms with Crippen LogP contribution in [0.3, 0.4) is 0 Å². The first kappa shape index (κ1) is 15.0. The van der Waals surface area contributed by atoms with Gasteiger partial charge in [-0.3, -0.25) is 0 Å². The fraction of sp³-hybridized carbons (Fsp3) is 0.250. The maximum absolute atomic E-state index is 10.7. The Bertz CT molecular complexity index is 826. The molecule has 0 spiro atoms. The van der Waals surface area contributed by atoms with Crippen molar-refractivity contribution in [2.24, 2.45) is 0 Å². The summed E-state index contributed by atoms with van der Waals surface area (Å²) in [5, 5.41) is 11.9. The Morgan fingerprint density at radius 2 is 2.09 bits per heavy atom. The van der Waals surface area contributed by atoms with Gasteiger partial charge in [-0.05, 0) is 25.5 Å². The first-order chi connectivity index (χ1) is 11.1. The van der Waals surface area contributed by atoms with Crippen molar-refractivity contribution in [1.29, 1.82) is 0 Å². The predicted octanol–water partition coefficient (Wildman–Crippen LogP) is 2.34. The van der Waals surface area contributed by atoms with Crippen molar-refractivity contribution in [3.05, 3.63) is 48.2 Å². The smallest absolute Gasteiger partial charge is 0.356 e. The van der Waals surface area contributed by atoms with Crippen LogP contribution in [0.4, 0.5) is 5.82 Å². The number of carboxylic acids is 1. The SMILES string of the molecule is Cc1nc2ccccc2n1CCCNc1cnc(C(=O)O)cn1. The first-order valence-corrected chi connectivity index (χ1v) is 7.36. The number of nitrogens with one attached hydrogen (secondary N) is 1. The van der Waals surface area contributed by atoms with Crippen molar-refractivity contribution in [1.82, 2.24) is 19.5 Å². The largest absolute Gasteiger partial charge is 0.476 e. The van der Waals surface area contributed by atoms with Gasteiger partial charge in [0.1, 0.15) is 11.6 Å². The van der Waals surface area contributed by atoms with Gasteiger partial charge in [0.05, 0.1) is 23.4 Å². The minimum atomic E-state index is -1.08. The molecule has 0 aliphatic rings. The van der Waals surface area contributed by atoms with Crippen molar-refractivity contribution < 1.29 is 9.90 Å². The highest BCUT2D eigenvalue weighted by Gasteiger charge is 2.07. The van der Waals surface area contributed by atoms with Gasteiger partial charge in [-0.2, -0.15) is 0 Å². The number of nitrogens with zero attached hydrogens (tertiary/aromatic N) is 4. The molecule has 0 saturated heterocycles. The molecule has 0 fully saturated rings. The average molecular weight is 311 g/mol. The Morgan fingerprint density at radius 1 is 1.26 bits per heavy atom. The monoisotopic (exact) mass is 311 g/mol. The van der Waals surface area contributed by atoms with E-state index in [1.165, 1.54) is 12.4 Å². The Morgan fingerprint density at radius 3 is 2.83 bits per heavy atom. The molecule has 0 aliphatic heterocycles. The molecule has 0 bridgehead atoms. The molecule has 7 nitrogen and oxygen atoms in total. The van der Waals surface area contributed by atoms with E-state index in [2.05, 4.69) is 30.9 Å². The molecule has 0 radical (unpaired) electrons. The average Bonchev–Trinajstić information content (AvgIpc) is 2.87. The molecule has 23 heavy (non-hydrogen) atoms. The van der Waals surface area contributed by atoms with Crippen LogP contribution >= 0.6 is 0 Å². The summed E-state index contributed by atoms with van der Waals surface area (Å²) >= 11 is 0. The number of carbonyl (C=O) groups is 1. The Labute approximate surface area is 133 Å². The van der Waals surface area contributed by atoms with Crippen LogP contribution in [0.15, 0.2) is 36.7 Å². The number of rotatable bonds is 6. The van der Waals surface area contributed by atoms with Crippen LogP contribution in [-0.4, -0.2) is 37.1 Å². The van der Waals surface area contributed by atoms with Crippen LogP contribution < -0.4 is 5.32 Å². The minimum Gasteiger partial charge on any atom is -0.476 e. The van der Waals surface area contributed by atoms with Crippen LogP contribution in [0.5, 0.6) is 0 Å². The Hall–Kier alpha value is -2.96. The van der Waals surface area contributed by atoms with E-state index in [1.807, 2.05) is 25.1 Å². The van der Waals surface area contributed by atoms with Crippen LogP contribution in [-0.2, 0) is 6.54 Å². The second-order valence-electron chi connectivity index (χ2n) is 5.17. The zero-order valence-corrected chi connectivity index (χ0v) is 12.7. The standard InChI is InChI=1S/C16H17N5O2/c1-11-20-12-5-2-3-6-14(12)21(11)8-4-7-17-15-10-18-13(9-19-15)16(22)23/h2-3,5-6,9-10H,4,7-8H2,1H3,(H,17,19)(H,22,23). The number of hydrogen-bond donors (Lipinski definition) is 2. The lowest BCUT2D eigenvalue weighted by Crippen LogP contribution is -2.10. The summed E-state index contributed by atoms with van der Waals surface area (Å²) in [4.78, 5) is 23.1. The third-order valence-corrected chi connectivity index (χ3v) is 3.58. The van der Waals surface area contributed by atoms with Gasteiger partial charge in [-0.15, -0.1) is 0 Å². The molecule has 118 valence electrons. The summed E-state index contributed by atoms with van der Waals surface area (Å²) in [6.07, 6.45) is 3.57. The number of imidazole rings is 1. The summed E-state index contributed by atoms with van der Waals surface area (Å²) in [5.41, 5.74) is 2.08. The summed E-state index contributed by atoms with van der Waals surface area (Å²) in [5.74, 6) is 0.491. The van der Waals surface area contributed by atoms with E-state index >= 15 is 0 Å². The predicted molar refractivity (Wildman–Crippen MR) is 86.6 cm³/mol. The summed E-state index contributed by atoms with van der Waals surface area (Å²) in [7, 11) is 0. The maximum atomic E-state index is 10.7. The number of fused-ring (bicyclic) bond motifs is 1. The van der Waals surface area contributed by atoms with Crippen molar-refractivity contribution >= 4 is 22.8 Å². The number of carboxylic acid groups (broad SMARTS) is 1. The lowest BCUT2D eigenvalue weighted by atomic mass is 10.3. The topological polar surface area (TPSA) is 92.9 Å². The second-order valence-corrected chi connectivity index (χ2v) is 5.17. The molecule has 2 heterocycles. The maximum Gasteiger partial charge on any atom is 0.356 e. The summed E-state index contributed by atoms with van der Waals surface area (Å²) in [6, 6.07) is 8.08.